The van der Waals surface area contributed by atoms with Crippen molar-refractivity contribution in [1.82, 2.24) is 29.3 Å². The second-order valence-corrected chi connectivity index (χ2v) is 16.2. The van der Waals surface area contributed by atoms with Crippen LogP contribution in [0, 0.1) is 17.7 Å². The van der Waals surface area contributed by atoms with Gasteiger partial charge in [0.25, 0.3) is 5.91 Å². The fraction of sp³-hybridized carbons (Fsp3) is 0.525. The fourth-order valence-electron chi connectivity index (χ4n) is 9.87. The van der Waals surface area contributed by atoms with Crippen molar-refractivity contribution in [2.45, 2.75) is 95.4 Å². The standard InChI is InChI=1S/C40H47FN8O3/c1-23(2)48-22-43-34-18-33(45-37(36(34)48)44-32-8-11-42-19-31(32)41)27-6-7-30-35(15-27)49(29-16-28(17-29)47-20-25-4-5-26(14-25)21-47)39(52)40(30)9-12-46(13-10-40)38(51)24(3)50/h6-8,11,15,18-19,22-26,28-29,50H,4-5,9-10,12-14,16-17,20-21H2,1-3H3,(H,42,44,45)/t24-,25?,26?,28?,29?/m1/s1. The highest BCUT2D eigenvalue weighted by Crippen LogP contribution is 2.52. The molecule has 3 atom stereocenters. The minimum Gasteiger partial charge on any atom is -0.384 e. The second kappa shape index (κ2) is 12.6. The number of imidazole rings is 1. The third kappa shape index (κ3) is 5.39. The number of aliphatic hydroxyl groups excluding tert-OH is 1. The fourth-order valence-corrected chi connectivity index (χ4v) is 9.87. The lowest BCUT2D eigenvalue weighted by Gasteiger charge is -2.49. The van der Waals surface area contributed by atoms with Crippen molar-refractivity contribution in [3.05, 3.63) is 60.4 Å². The predicted molar refractivity (Wildman–Crippen MR) is 197 cm³/mol. The molecule has 12 heteroatoms. The molecule has 52 heavy (non-hydrogen) atoms. The number of pyridine rings is 2. The van der Waals surface area contributed by atoms with Gasteiger partial charge in [-0.3, -0.25) is 19.5 Å². The topological polar surface area (TPSA) is 120 Å². The maximum absolute atomic E-state index is 14.8. The molecule has 272 valence electrons. The van der Waals surface area contributed by atoms with E-state index >= 15 is 0 Å². The molecule has 2 saturated heterocycles. The van der Waals surface area contributed by atoms with Crippen LogP contribution in [0.15, 0.2) is 49.1 Å². The van der Waals surface area contributed by atoms with Gasteiger partial charge < -0.3 is 24.8 Å². The number of carbonyl (C=O) groups is 2. The van der Waals surface area contributed by atoms with Gasteiger partial charge in [-0.1, -0.05) is 12.1 Å². The van der Waals surface area contributed by atoms with Crippen LogP contribution in [0.25, 0.3) is 22.3 Å². The number of likely N-dealkylation sites (tertiary alicyclic amines) is 2. The Morgan fingerprint density at radius 3 is 2.46 bits per heavy atom. The summed E-state index contributed by atoms with van der Waals surface area (Å²) in [5, 5.41) is 13.2. The normalized spacial score (nSPS) is 25.9. The Kier molecular flexibility index (Phi) is 8.11. The van der Waals surface area contributed by atoms with Gasteiger partial charge in [0.1, 0.15) is 11.6 Å². The van der Waals surface area contributed by atoms with E-state index in [0.717, 1.165) is 52.5 Å². The molecule has 0 radical (unpaired) electrons. The summed E-state index contributed by atoms with van der Waals surface area (Å²) in [6, 6.07) is 10.5. The summed E-state index contributed by atoms with van der Waals surface area (Å²) in [4.78, 5) is 47.7. The van der Waals surface area contributed by atoms with E-state index in [1.54, 1.807) is 23.5 Å². The Labute approximate surface area is 303 Å². The van der Waals surface area contributed by atoms with Crippen LogP contribution in [0.1, 0.15) is 77.3 Å². The van der Waals surface area contributed by atoms with E-state index in [2.05, 4.69) is 46.1 Å². The molecular weight excluding hydrogens is 659 g/mol. The molecule has 4 aromatic rings. The number of rotatable bonds is 7. The third-order valence-corrected chi connectivity index (χ3v) is 12.7. The highest BCUT2D eigenvalue weighted by Gasteiger charge is 2.56. The van der Waals surface area contributed by atoms with Gasteiger partial charge in [0.2, 0.25) is 5.91 Å². The van der Waals surface area contributed by atoms with Crippen molar-refractivity contribution in [1.29, 1.82) is 0 Å². The zero-order valence-corrected chi connectivity index (χ0v) is 30.1. The first-order chi connectivity index (χ1) is 25.1. The van der Waals surface area contributed by atoms with Crippen LogP contribution < -0.4 is 10.2 Å². The predicted octanol–water partition coefficient (Wildman–Crippen LogP) is 5.81. The molecule has 2 aliphatic carbocycles. The minimum atomic E-state index is -1.07. The highest BCUT2D eigenvalue weighted by molar-refractivity contribution is 6.09. The van der Waals surface area contributed by atoms with E-state index in [-0.39, 0.29) is 29.6 Å². The van der Waals surface area contributed by atoms with Crippen molar-refractivity contribution < 1.29 is 19.1 Å². The Balaban J connectivity index is 1.09. The van der Waals surface area contributed by atoms with Crippen molar-refractivity contribution >= 4 is 40.0 Å². The lowest BCUT2D eigenvalue weighted by molar-refractivity contribution is -0.142. The molecule has 11 nitrogen and oxygen atoms in total. The molecule has 2 amide bonds. The zero-order chi connectivity index (χ0) is 35.9. The first-order valence-corrected chi connectivity index (χ1v) is 19.0. The maximum atomic E-state index is 14.8. The number of halogens is 1. The molecule has 3 aliphatic heterocycles. The van der Waals surface area contributed by atoms with Crippen LogP contribution in [0.4, 0.5) is 21.6 Å². The smallest absolute Gasteiger partial charge is 0.251 e. The summed E-state index contributed by atoms with van der Waals surface area (Å²) in [7, 11) is 0. The number of aromatic nitrogens is 4. The molecule has 5 aliphatic rings. The van der Waals surface area contributed by atoms with E-state index in [9.17, 15) is 19.1 Å². The summed E-state index contributed by atoms with van der Waals surface area (Å²) in [6.07, 6.45) is 10.5. The van der Waals surface area contributed by atoms with Gasteiger partial charge in [0.05, 0.1) is 34.8 Å². The largest absolute Gasteiger partial charge is 0.384 e. The summed E-state index contributed by atoms with van der Waals surface area (Å²) in [5.74, 6) is 1.48. The number of hydrogen-bond acceptors (Lipinski definition) is 8. The van der Waals surface area contributed by atoms with Gasteiger partial charge in [-0.25, -0.2) is 14.4 Å². The van der Waals surface area contributed by atoms with E-state index in [1.165, 1.54) is 45.5 Å². The van der Waals surface area contributed by atoms with E-state index in [1.807, 2.05) is 16.7 Å². The van der Waals surface area contributed by atoms with Gasteiger partial charge in [-0.15, -0.1) is 0 Å². The van der Waals surface area contributed by atoms with Gasteiger partial charge in [-0.2, -0.15) is 0 Å². The molecule has 6 heterocycles. The van der Waals surface area contributed by atoms with Gasteiger partial charge in [-0.05, 0) is 101 Å². The highest BCUT2D eigenvalue weighted by atomic mass is 19.1. The van der Waals surface area contributed by atoms with Crippen LogP contribution in [0.5, 0.6) is 0 Å². The van der Waals surface area contributed by atoms with E-state index in [0.29, 0.717) is 43.5 Å². The minimum absolute atomic E-state index is 0.102. The van der Waals surface area contributed by atoms with Crippen molar-refractivity contribution in [3.8, 4) is 11.3 Å². The zero-order valence-electron chi connectivity index (χ0n) is 30.1. The Hall–Kier alpha value is -4.42. The van der Waals surface area contributed by atoms with E-state index in [4.69, 9.17) is 9.97 Å². The van der Waals surface area contributed by atoms with Crippen LogP contribution in [-0.2, 0) is 15.0 Å². The molecule has 1 aromatic carbocycles. The molecule has 2 bridgehead atoms. The van der Waals surface area contributed by atoms with Gasteiger partial charge in [0.15, 0.2) is 11.6 Å². The van der Waals surface area contributed by atoms with Gasteiger partial charge in [0, 0.05) is 61.8 Å². The third-order valence-electron chi connectivity index (χ3n) is 12.7. The van der Waals surface area contributed by atoms with Crippen LogP contribution in [0.3, 0.4) is 0 Å². The number of aliphatic hydroxyl groups is 1. The quantitative estimate of drug-likeness (QED) is 0.247. The van der Waals surface area contributed by atoms with Crippen LogP contribution >= 0.6 is 0 Å². The molecule has 9 rings (SSSR count). The summed E-state index contributed by atoms with van der Waals surface area (Å²) in [6.45, 7) is 8.84. The second-order valence-electron chi connectivity index (χ2n) is 16.2. The Bertz CT molecular complexity index is 2040. The average molecular weight is 707 g/mol. The van der Waals surface area contributed by atoms with Gasteiger partial charge >= 0.3 is 0 Å². The number of anilines is 3. The molecule has 2 saturated carbocycles. The monoisotopic (exact) mass is 706 g/mol. The molecular formula is C40H47FN8O3. The Morgan fingerprint density at radius 2 is 1.77 bits per heavy atom. The molecule has 3 aromatic heterocycles. The maximum Gasteiger partial charge on any atom is 0.251 e. The lowest BCUT2D eigenvalue weighted by atomic mass is 9.73. The van der Waals surface area contributed by atoms with E-state index < -0.39 is 17.3 Å². The van der Waals surface area contributed by atoms with Crippen LogP contribution in [0.2, 0.25) is 0 Å². The molecule has 1 spiro atoms. The van der Waals surface area contributed by atoms with Crippen molar-refractivity contribution in [2.75, 3.05) is 36.4 Å². The number of fused-ring (bicyclic) bond motifs is 5. The Morgan fingerprint density at radius 1 is 1.02 bits per heavy atom. The number of benzene rings is 1. The lowest BCUT2D eigenvalue weighted by Crippen LogP contribution is -2.59. The SMILES string of the molecule is CC(C)n1cnc2cc(-c3ccc4c(c3)N(C3CC(N5CC6CCC(C6)C5)C3)C(=O)C43CCN(C(=O)[C@@H](C)O)CC3)nc(Nc3ccncc3F)c21. The number of hydrogen-bond donors (Lipinski definition) is 2. The average Bonchev–Trinajstić information content (AvgIpc) is 3.77. The van der Waals surface area contributed by atoms with Crippen molar-refractivity contribution in [3.63, 3.8) is 0 Å². The summed E-state index contributed by atoms with van der Waals surface area (Å²) in [5.41, 5.74) is 4.49. The number of nitrogens with zero attached hydrogens (tertiary/aromatic N) is 7. The first-order valence-electron chi connectivity index (χ1n) is 19.0. The van der Waals surface area contributed by atoms with Crippen LogP contribution in [-0.4, -0.2) is 90.6 Å². The summed E-state index contributed by atoms with van der Waals surface area (Å²) >= 11 is 0. The van der Waals surface area contributed by atoms with Crippen molar-refractivity contribution in [2.24, 2.45) is 11.8 Å². The summed E-state index contributed by atoms with van der Waals surface area (Å²) < 4.78 is 16.9. The molecule has 4 fully saturated rings. The number of nitrogens with one attached hydrogen (secondary N) is 1. The first kappa shape index (κ1) is 33.4. The molecule has 2 unspecified atom stereocenters. The number of amides is 2. The number of piperidine rings is 2. The number of carbonyl (C=O) groups excluding carboxylic acids is 2. The molecule has 2 N–H and O–H groups in total.